The quantitative estimate of drug-likeness (QED) is 0.385. The number of carbonyl (C=O) groups excluding carboxylic acids is 2. The van der Waals surface area contributed by atoms with Crippen LogP contribution in [0.15, 0.2) is 53.9 Å². The molecule has 0 fully saturated rings. The molecule has 0 atom stereocenters. The Kier molecular flexibility index (Phi) is 7.82. The number of nitrogens with one attached hydrogen (secondary N) is 1. The number of methoxy groups -OCH3 is 3. The van der Waals surface area contributed by atoms with Gasteiger partial charge in [-0.25, -0.2) is 9.78 Å². The Balaban J connectivity index is 1.51. The van der Waals surface area contributed by atoms with E-state index in [1.54, 1.807) is 38.5 Å². The molecule has 1 amide bonds. The van der Waals surface area contributed by atoms with Gasteiger partial charge >= 0.3 is 5.97 Å². The van der Waals surface area contributed by atoms with Crippen molar-refractivity contribution >= 4 is 34.4 Å². The minimum atomic E-state index is -0.656. The molecule has 166 valence electrons. The van der Waals surface area contributed by atoms with Gasteiger partial charge < -0.3 is 18.9 Å². The largest absolute Gasteiger partial charge is 0.497 e. The number of aromatic nitrogens is 1. The van der Waals surface area contributed by atoms with Gasteiger partial charge in [-0.1, -0.05) is 0 Å². The lowest BCUT2D eigenvalue weighted by Gasteiger charge is -2.07. The molecule has 0 saturated carbocycles. The zero-order valence-corrected chi connectivity index (χ0v) is 18.6. The first kappa shape index (κ1) is 22.8. The number of hydrogen-bond acceptors (Lipinski definition) is 8. The normalized spacial score (nSPS) is 10.6. The lowest BCUT2D eigenvalue weighted by atomic mass is 10.2. The molecule has 2 aromatic carbocycles. The van der Waals surface area contributed by atoms with Gasteiger partial charge in [-0.3, -0.25) is 10.1 Å². The molecular weight excluding hydrogens is 432 g/mol. The molecule has 8 nitrogen and oxygen atoms in total. The Bertz CT molecular complexity index is 1110. The maximum atomic E-state index is 12.1. The molecule has 1 heterocycles. The van der Waals surface area contributed by atoms with Crippen LogP contribution in [0.25, 0.3) is 17.3 Å². The van der Waals surface area contributed by atoms with Crippen LogP contribution in [0.1, 0.15) is 5.56 Å². The van der Waals surface area contributed by atoms with Crippen molar-refractivity contribution in [3.63, 3.8) is 0 Å². The highest BCUT2D eigenvalue weighted by Gasteiger charge is 2.10. The van der Waals surface area contributed by atoms with E-state index in [0.29, 0.717) is 22.2 Å². The molecule has 0 radical (unpaired) electrons. The standard InChI is InChI=1S/C23H22N2O6S/c1-28-17-8-4-15(5-9-17)19-14-32-23(24-19)25-21(26)13-31-22(27)11-7-16-6-10-18(29-2)12-20(16)30-3/h4-12,14H,13H2,1-3H3,(H,24,25,26). The molecule has 0 unspecified atom stereocenters. The van der Waals surface area contributed by atoms with Crippen LogP contribution in [0.3, 0.4) is 0 Å². The number of amides is 1. The summed E-state index contributed by atoms with van der Waals surface area (Å²) in [5.74, 6) is 0.789. The van der Waals surface area contributed by atoms with Gasteiger partial charge in [-0.15, -0.1) is 11.3 Å². The number of ether oxygens (including phenoxy) is 4. The first-order valence-electron chi connectivity index (χ1n) is 9.49. The molecule has 3 aromatic rings. The first-order chi connectivity index (χ1) is 15.5. The zero-order chi connectivity index (χ0) is 22.9. The molecule has 32 heavy (non-hydrogen) atoms. The predicted octanol–water partition coefficient (Wildman–Crippen LogP) is 4.03. The summed E-state index contributed by atoms with van der Waals surface area (Å²) in [7, 11) is 4.68. The maximum Gasteiger partial charge on any atom is 0.331 e. The van der Waals surface area contributed by atoms with Crippen molar-refractivity contribution < 1.29 is 28.5 Å². The minimum Gasteiger partial charge on any atom is -0.497 e. The SMILES string of the molecule is COc1ccc(-c2csc(NC(=O)COC(=O)C=Cc3ccc(OC)cc3OC)n2)cc1. The van der Waals surface area contributed by atoms with E-state index in [1.165, 1.54) is 24.5 Å². The molecule has 0 saturated heterocycles. The fourth-order valence-electron chi connectivity index (χ4n) is 2.68. The second-order valence-electron chi connectivity index (χ2n) is 6.36. The topological polar surface area (TPSA) is 96.0 Å². The van der Waals surface area contributed by atoms with E-state index < -0.39 is 18.5 Å². The lowest BCUT2D eigenvalue weighted by Crippen LogP contribution is -2.20. The van der Waals surface area contributed by atoms with E-state index >= 15 is 0 Å². The van der Waals surface area contributed by atoms with E-state index in [-0.39, 0.29) is 0 Å². The molecule has 3 rings (SSSR count). The number of hydrogen-bond donors (Lipinski definition) is 1. The van der Waals surface area contributed by atoms with Gasteiger partial charge in [0.05, 0.1) is 27.0 Å². The van der Waals surface area contributed by atoms with Gasteiger partial charge in [0.15, 0.2) is 11.7 Å². The third-order valence-electron chi connectivity index (χ3n) is 4.32. The zero-order valence-electron chi connectivity index (χ0n) is 17.8. The lowest BCUT2D eigenvalue weighted by molar-refractivity contribution is -0.142. The van der Waals surface area contributed by atoms with E-state index in [4.69, 9.17) is 18.9 Å². The molecule has 0 aliphatic heterocycles. The molecule has 1 N–H and O–H groups in total. The average Bonchev–Trinajstić information content (AvgIpc) is 3.29. The van der Waals surface area contributed by atoms with Crippen LogP contribution in [0.5, 0.6) is 17.2 Å². The smallest absolute Gasteiger partial charge is 0.331 e. The van der Waals surface area contributed by atoms with Crippen molar-refractivity contribution in [3.8, 4) is 28.5 Å². The Hall–Kier alpha value is -3.85. The third-order valence-corrected chi connectivity index (χ3v) is 5.08. The van der Waals surface area contributed by atoms with Crippen molar-refractivity contribution in [1.82, 2.24) is 4.98 Å². The Morgan fingerprint density at radius 3 is 2.41 bits per heavy atom. The Morgan fingerprint density at radius 1 is 1.00 bits per heavy atom. The number of benzene rings is 2. The predicted molar refractivity (Wildman–Crippen MR) is 122 cm³/mol. The van der Waals surface area contributed by atoms with Crippen LogP contribution >= 0.6 is 11.3 Å². The number of rotatable bonds is 9. The van der Waals surface area contributed by atoms with Gasteiger partial charge in [-0.2, -0.15) is 0 Å². The summed E-state index contributed by atoms with van der Waals surface area (Å²) in [5, 5.41) is 4.86. The third kappa shape index (κ3) is 6.08. The van der Waals surface area contributed by atoms with Crippen LogP contribution in [0.2, 0.25) is 0 Å². The molecule has 0 spiro atoms. The number of esters is 1. The molecule has 0 aliphatic rings. The number of anilines is 1. The first-order valence-corrected chi connectivity index (χ1v) is 10.4. The summed E-state index contributed by atoms with van der Waals surface area (Å²) < 4.78 is 20.5. The maximum absolute atomic E-state index is 12.1. The summed E-state index contributed by atoms with van der Waals surface area (Å²) >= 11 is 1.28. The van der Waals surface area contributed by atoms with Crippen molar-refractivity contribution in [3.05, 3.63) is 59.5 Å². The van der Waals surface area contributed by atoms with Gasteiger partial charge in [0.25, 0.3) is 5.91 Å². The van der Waals surface area contributed by atoms with Gasteiger partial charge in [0.1, 0.15) is 17.2 Å². The van der Waals surface area contributed by atoms with Crippen LogP contribution in [-0.4, -0.2) is 44.8 Å². The fourth-order valence-corrected chi connectivity index (χ4v) is 3.42. The van der Waals surface area contributed by atoms with Crippen LogP contribution in [-0.2, 0) is 14.3 Å². The summed E-state index contributed by atoms with van der Waals surface area (Å²) in [6.45, 7) is -0.430. The second-order valence-corrected chi connectivity index (χ2v) is 7.22. The van der Waals surface area contributed by atoms with Crippen LogP contribution in [0.4, 0.5) is 5.13 Å². The van der Waals surface area contributed by atoms with Crippen molar-refractivity contribution in [2.45, 2.75) is 0 Å². The molecule has 1 aromatic heterocycles. The van der Waals surface area contributed by atoms with Gasteiger partial charge in [0, 0.05) is 28.6 Å². The molecule has 0 bridgehead atoms. The minimum absolute atomic E-state index is 0.412. The number of thiazole rings is 1. The Morgan fingerprint density at radius 2 is 1.72 bits per heavy atom. The van der Waals surface area contributed by atoms with E-state index in [1.807, 2.05) is 29.6 Å². The van der Waals surface area contributed by atoms with Gasteiger partial charge in [0.2, 0.25) is 0 Å². The van der Waals surface area contributed by atoms with Crippen molar-refractivity contribution in [2.75, 3.05) is 33.3 Å². The highest BCUT2D eigenvalue weighted by Crippen LogP contribution is 2.27. The van der Waals surface area contributed by atoms with Gasteiger partial charge in [-0.05, 0) is 42.5 Å². The Labute approximate surface area is 189 Å². The van der Waals surface area contributed by atoms with E-state index in [2.05, 4.69) is 10.3 Å². The summed E-state index contributed by atoms with van der Waals surface area (Å²) in [6, 6.07) is 12.6. The monoisotopic (exact) mass is 454 g/mol. The van der Waals surface area contributed by atoms with Crippen molar-refractivity contribution in [1.29, 1.82) is 0 Å². The summed E-state index contributed by atoms with van der Waals surface area (Å²) in [4.78, 5) is 28.4. The van der Waals surface area contributed by atoms with E-state index in [9.17, 15) is 9.59 Å². The average molecular weight is 455 g/mol. The van der Waals surface area contributed by atoms with E-state index in [0.717, 1.165) is 17.0 Å². The molecule has 0 aliphatic carbocycles. The molecule has 9 heteroatoms. The fraction of sp³-hybridized carbons (Fsp3) is 0.174. The number of nitrogens with zero attached hydrogens (tertiary/aromatic N) is 1. The van der Waals surface area contributed by atoms with Crippen LogP contribution in [0, 0.1) is 0 Å². The molecular formula is C23H22N2O6S. The summed E-state index contributed by atoms with van der Waals surface area (Å²) in [6.07, 6.45) is 2.77. The highest BCUT2D eigenvalue weighted by molar-refractivity contribution is 7.14. The van der Waals surface area contributed by atoms with Crippen LogP contribution < -0.4 is 19.5 Å². The summed E-state index contributed by atoms with van der Waals surface area (Å²) in [5.41, 5.74) is 2.29. The second kappa shape index (κ2) is 11.0. The highest BCUT2D eigenvalue weighted by atomic mass is 32.1. The van der Waals surface area contributed by atoms with Crippen molar-refractivity contribution in [2.24, 2.45) is 0 Å². The number of carbonyl (C=O) groups is 2.